The molecule has 0 unspecified atom stereocenters. The Morgan fingerprint density at radius 3 is 2.13 bits per heavy atom. The molecule has 0 atom stereocenters. The van der Waals surface area contributed by atoms with Gasteiger partial charge >= 0.3 is 0 Å². The lowest BCUT2D eigenvalue weighted by molar-refractivity contribution is 0.247. The van der Waals surface area contributed by atoms with Crippen LogP contribution in [0.1, 0.15) is 17.5 Å². The van der Waals surface area contributed by atoms with Crippen molar-refractivity contribution in [2.75, 3.05) is 31.9 Å². The van der Waals surface area contributed by atoms with Gasteiger partial charge in [-0.3, -0.25) is 9.80 Å². The van der Waals surface area contributed by atoms with E-state index in [2.05, 4.69) is 34.1 Å². The molecule has 122 valence electrons. The number of nitrogens with two attached hydrogens (primary N) is 1. The molecule has 0 saturated carbocycles. The Hall–Kier alpha value is -1.55. The van der Waals surface area contributed by atoms with Crippen molar-refractivity contribution < 1.29 is 0 Å². The summed E-state index contributed by atoms with van der Waals surface area (Å²) in [5, 5.41) is 0.804. The van der Waals surface area contributed by atoms with Crippen LogP contribution in [0.2, 0.25) is 5.02 Å². The first-order valence-electron chi connectivity index (χ1n) is 8.22. The number of anilines is 1. The SMILES string of the molecule is Nc1cccc(CN2CCCN(Cc3ccc(Cl)cc3)CC2)c1. The Bertz CT molecular complexity index is 627. The highest BCUT2D eigenvalue weighted by atomic mass is 35.5. The lowest BCUT2D eigenvalue weighted by atomic mass is 10.2. The molecule has 1 fully saturated rings. The minimum absolute atomic E-state index is 0.804. The maximum absolute atomic E-state index is 5.96. The molecule has 3 rings (SSSR count). The molecule has 4 heteroatoms. The third-order valence-corrected chi connectivity index (χ3v) is 4.61. The second kappa shape index (κ2) is 7.82. The predicted molar refractivity (Wildman–Crippen MR) is 97.5 cm³/mol. The topological polar surface area (TPSA) is 32.5 Å². The van der Waals surface area contributed by atoms with E-state index in [-0.39, 0.29) is 0 Å². The van der Waals surface area contributed by atoms with Crippen LogP contribution in [0, 0.1) is 0 Å². The molecule has 3 nitrogen and oxygen atoms in total. The molecule has 1 aliphatic heterocycles. The van der Waals surface area contributed by atoms with Crippen LogP contribution < -0.4 is 5.73 Å². The molecule has 0 aliphatic carbocycles. The van der Waals surface area contributed by atoms with Crippen LogP contribution in [0.4, 0.5) is 5.69 Å². The van der Waals surface area contributed by atoms with Gasteiger partial charge in [-0.1, -0.05) is 35.9 Å². The van der Waals surface area contributed by atoms with E-state index in [9.17, 15) is 0 Å². The normalized spacial score (nSPS) is 17.1. The Morgan fingerprint density at radius 2 is 1.48 bits per heavy atom. The van der Waals surface area contributed by atoms with E-state index in [1.807, 2.05) is 24.3 Å². The van der Waals surface area contributed by atoms with Gasteiger partial charge in [0.1, 0.15) is 0 Å². The molecule has 2 N–H and O–H groups in total. The number of nitrogen functional groups attached to an aromatic ring is 1. The van der Waals surface area contributed by atoms with E-state index >= 15 is 0 Å². The molecule has 0 bridgehead atoms. The summed E-state index contributed by atoms with van der Waals surface area (Å²) in [6.45, 7) is 6.48. The maximum atomic E-state index is 5.96. The van der Waals surface area contributed by atoms with E-state index < -0.39 is 0 Å². The van der Waals surface area contributed by atoms with Crippen molar-refractivity contribution in [3.8, 4) is 0 Å². The van der Waals surface area contributed by atoms with Crippen LogP contribution >= 0.6 is 11.6 Å². The molecular weight excluding hydrogens is 306 g/mol. The molecule has 0 spiro atoms. The molecule has 1 saturated heterocycles. The van der Waals surface area contributed by atoms with E-state index in [0.29, 0.717) is 0 Å². The molecule has 0 amide bonds. The van der Waals surface area contributed by atoms with E-state index in [0.717, 1.165) is 50.0 Å². The average Bonchev–Trinajstić information content (AvgIpc) is 2.75. The number of nitrogens with zero attached hydrogens (tertiary/aromatic N) is 2. The fourth-order valence-corrected chi connectivity index (χ4v) is 3.26. The van der Waals surface area contributed by atoms with E-state index in [1.54, 1.807) is 0 Å². The molecule has 2 aromatic rings. The Kier molecular flexibility index (Phi) is 5.55. The van der Waals surface area contributed by atoms with Gasteiger partial charge in [-0.15, -0.1) is 0 Å². The van der Waals surface area contributed by atoms with Crippen molar-refractivity contribution in [3.05, 3.63) is 64.7 Å². The minimum Gasteiger partial charge on any atom is -0.399 e. The average molecular weight is 330 g/mol. The van der Waals surface area contributed by atoms with E-state index in [4.69, 9.17) is 17.3 Å². The molecular formula is C19H24ClN3. The van der Waals surface area contributed by atoms with Crippen molar-refractivity contribution in [3.63, 3.8) is 0 Å². The van der Waals surface area contributed by atoms with Crippen LogP contribution in [0.15, 0.2) is 48.5 Å². The van der Waals surface area contributed by atoms with Crippen molar-refractivity contribution in [2.24, 2.45) is 0 Å². The first-order chi connectivity index (χ1) is 11.2. The van der Waals surface area contributed by atoms with Crippen LogP contribution in [-0.4, -0.2) is 36.0 Å². The summed E-state index contributed by atoms with van der Waals surface area (Å²) in [6.07, 6.45) is 1.20. The van der Waals surface area contributed by atoms with E-state index in [1.165, 1.54) is 17.5 Å². The van der Waals surface area contributed by atoms with Crippen LogP contribution in [0.5, 0.6) is 0 Å². The number of benzene rings is 2. The van der Waals surface area contributed by atoms with Gasteiger partial charge in [-0.2, -0.15) is 0 Å². The standard InChI is InChI=1S/C19H24ClN3/c20-18-7-5-16(6-8-18)14-22-9-2-10-23(12-11-22)15-17-3-1-4-19(21)13-17/h1,3-8,13H,2,9-12,14-15,21H2. The highest BCUT2D eigenvalue weighted by Gasteiger charge is 2.15. The monoisotopic (exact) mass is 329 g/mol. The van der Waals surface area contributed by atoms with Crippen LogP contribution in [0.3, 0.4) is 0 Å². The first kappa shape index (κ1) is 16.3. The third-order valence-electron chi connectivity index (χ3n) is 4.36. The Labute approximate surface area is 143 Å². The summed E-state index contributed by atoms with van der Waals surface area (Å²) in [7, 11) is 0. The van der Waals surface area contributed by atoms with Crippen LogP contribution in [0.25, 0.3) is 0 Å². The van der Waals surface area contributed by atoms with Crippen molar-refractivity contribution >= 4 is 17.3 Å². The second-order valence-corrected chi connectivity index (χ2v) is 6.71. The smallest absolute Gasteiger partial charge is 0.0406 e. The second-order valence-electron chi connectivity index (χ2n) is 6.28. The zero-order chi connectivity index (χ0) is 16.1. The Morgan fingerprint density at radius 1 is 0.826 bits per heavy atom. The lowest BCUT2D eigenvalue weighted by Crippen LogP contribution is -2.30. The van der Waals surface area contributed by atoms with Gasteiger partial charge in [-0.05, 0) is 54.9 Å². The number of rotatable bonds is 4. The molecule has 2 aromatic carbocycles. The van der Waals surface area contributed by atoms with Crippen LogP contribution in [-0.2, 0) is 13.1 Å². The van der Waals surface area contributed by atoms with Gasteiger partial charge in [0.05, 0.1) is 0 Å². The molecule has 1 heterocycles. The van der Waals surface area contributed by atoms with Gasteiger partial charge in [0.2, 0.25) is 0 Å². The number of hydrogen-bond acceptors (Lipinski definition) is 3. The fourth-order valence-electron chi connectivity index (χ4n) is 3.14. The highest BCUT2D eigenvalue weighted by Crippen LogP contribution is 2.15. The quantitative estimate of drug-likeness (QED) is 0.869. The molecule has 0 aromatic heterocycles. The fraction of sp³-hybridized carbons (Fsp3) is 0.368. The van der Waals surface area contributed by atoms with Gasteiger partial charge in [0.15, 0.2) is 0 Å². The summed E-state index contributed by atoms with van der Waals surface area (Å²) in [6, 6.07) is 16.4. The zero-order valence-electron chi connectivity index (χ0n) is 13.4. The largest absolute Gasteiger partial charge is 0.399 e. The maximum Gasteiger partial charge on any atom is 0.0406 e. The molecule has 23 heavy (non-hydrogen) atoms. The summed E-state index contributed by atoms with van der Waals surface area (Å²) in [5.74, 6) is 0. The lowest BCUT2D eigenvalue weighted by Gasteiger charge is -2.22. The number of hydrogen-bond donors (Lipinski definition) is 1. The van der Waals surface area contributed by atoms with Crippen molar-refractivity contribution in [1.82, 2.24) is 9.80 Å². The van der Waals surface area contributed by atoms with Crippen molar-refractivity contribution in [1.29, 1.82) is 0 Å². The van der Waals surface area contributed by atoms with Gasteiger partial charge in [-0.25, -0.2) is 0 Å². The molecule has 0 radical (unpaired) electrons. The van der Waals surface area contributed by atoms with Gasteiger partial charge < -0.3 is 5.73 Å². The first-order valence-corrected chi connectivity index (χ1v) is 8.60. The summed E-state index contributed by atoms with van der Waals surface area (Å²) < 4.78 is 0. The van der Waals surface area contributed by atoms with Gasteiger partial charge in [0, 0.05) is 36.9 Å². The Balaban J connectivity index is 1.53. The zero-order valence-corrected chi connectivity index (χ0v) is 14.2. The third kappa shape index (κ3) is 4.96. The summed E-state index contributed by atoms with van der Waals surface area (Å²) >= 11 is 5.96. The highest BCUT2D eigenvalue weighted by molar-refractivity contribution is 6.30. The van der Waals surface area contributed by atoms with Crippen molar-refractivity contribution in [2.45, 2.75) is 19.5 Å². The predicted octanol–water partition coefficient (Wildman–Crippen LogP) is 3.63. The number of halogens is 1. The molecule has 1 aliphatic rings. The van der Waals surface area contributed by atoms with Gasteiger partial charge in [0.25, 0.3) is 0 Å². The summed E-state index contributed by atoms with van der Waals surface area (Å²) in [5.41, 5.74) is 9.36. The summed E-state index contributed by atoms with van der Waals surface area (Å²) in [4.78, 5) is 5.05. The minimum atomic E-state index is 0.804.